The minimum Gasteiger partial charge on any atom is -0.508 e. The van der Waals surface area contributed by atoms with Gasteiger partial charge >= 0.3 is 0 Å². The minimum atomic E-state index is -0.0117. The van der Waals surface area contributed by atoms with E-state index in [1.165, 1.54) is 23.5 Å². The molecule has 3 N–H and O–H groups in total. The van der Waals surface area contributed by atoms with Gasteiger partial charge in [0.2, 0.25) is 5.13 Å². The van der Waals surface area contributed by atoms with Crippen LogP contribution in [-0.2, 0) is 0 Å². The molecule has 0 amide bonds. The number of nitrogens with zero attached hydrogens (tertiary/aromatic N) is 2. The zero-order valence-electron chi connectivity index (χ0n) is 11.2. The van der Waals surface area contributed by atoms with Crippen LogP contribution in [0.15, 0.2) is 47.6 Å². The predicted molar refractivity (Wildman–Crippen MR) is 85.2 cm³/mol. The van der Waals surface area contributed by atoms with Gasteiger partial charge in [-0.2, -0.15) is 5.10 Å². The number of fused-ring (bicyclic) bond motifs is 1. The first-order valence-electron chi connectivity index (χ1n) is 6.32. The Balaban J connectivity index is 1.84. The average Bonchev–Trinajstić information content (AvgIpc) is 2.87. The van der Waals surface area contributed by atoms with Crippen molar-refractivity contribution < 1.29 is 10.2 Å². The van der Waals surface area contributed by atoms with Crippen molar-refractivity contribution in [2.24, 2.45) is 5.10 Å². The molecule has 3 rings (SSSR count). The molecule has 5 nitrogen and oxygen atoms in total. The Morgan fingerprint density at radius 2 is 2.00 bits per heavy atom. The number of benzene rings is 2. The zero-order valence-corrected chi connectivity index (χ0v) is 12.1. The number of para-hydroxylation sites is 1. The Kier molecular flexibility index (Phi) is 3.45. The SMILES string of the molecule is CC(=NNc1nc2ccccc2s1)c1ccc(O)cc1O. The van der Waals surface area contributed by atoms with Crippen molar-refractivity contribution in [2.45, 2.75) is 6.92 Å². The molecular formula is C15H13N3O2S. The number of aromatic nitrogens is 1. The molecule has 0 saturated heterocycles. The summed E-state index contributed by atoms with van der Waals surface area (Å²) in [4.78, 5) is 4.41. The summed E-state index contributed by atoms with van der Waals surface area (Å²) in [7, 11) is 0. The normalized spacial score (nSPS) is 11.8. The summed E-state index contributed by atoms with van der Waals surface area (Å²) in [6, 6.07) is 12.3. The van der Waals surface area contributed by atoms with Crippen LogP contribution < -0.4 is 5.43 Å². The van der Waals surface area contributed by atoms with Gasteiger partial charge in [0.25, 0.3) is 0 Å². The Morgan fingerprint density at radius 1 is 1.19 bits per heavy atom. The number of anilines is 1. The fourth-order valence-corrected chi connectivity index (χ4v) is 2.75. The van der Waals surface area contributed by atoms with Gasteiger partial charge in [0.15, 0.2) is 0 Å². The maximum atomic E-state index is 9.79. The number of hydrogen-bond donors (Lipinski definition) is 3. The largest absolute Gasteiger partial charge is 0.508 e. The molecule has 3 aromatic rings. The summed E-state index contributed by atoms with van der Waals surface area (Å²) in [5.41, 5.74) is 4.98. The molecule has 0 radical (unpaired) electrons. The van der Waals surface area contributed by atoms with E-state index in [4.69, 9.17) is 0 Å². The lowest BCUT2D eigenvalue weighted by Gasteiger charge is -2.04. The third-order valence-electron chi connectivity index (χ3n) is 2.98. The summed E-state index contributed by atoms with van der Waals surface area (Å²) in [6.45, 7) is 1.77. The molecule has 6 heteroatoms. The average molecular weight is 299 g/mol. The second-order valence-electron chi connectivity index (χ2n) is 4.50. The third-order valence-corrected chi connectivity index (χ3v) is 3.93. The highest BCUT2D eigenvalue weighted by Gasteiger charge is 2.06. The Labute approximate surface area is 125 Å². The predicted octanol–water partition coefficient (Wildman–Crippen LogP) is 3.54. The number of aromatic hydroxyl groups is 2. The standard InChI is InChI=1S/C15H13N3O2S/c1-9(11-7-6-10(19)8-13(11)20)17-18-15-16-12-4-2-3-5-14(12)21-15/h2-8,19-20H,1H3,(H,16,18). The molecular weight excluding hydrogens is 286 g/mol. The minimum absolute atomic E-state index is 0.0117. The Morgan fingerprint density at radius 3 is 2.76 bits per heavy atom. The van der Waals surface area contributed by atoms with E-state index in [2.05, 4.69) is 15.5 Å². The van der Waals surface area contributed by atoms with Gasteiger partial charge in [0.05, 0.1) is 15.9 Å². The summed E-state index contributed by atoms with van der Waals surface area (Å²) < 4.78 is 1.08. The summed E-state index contributed by atoms with van der Waals surface area (Å²) in [5, 5.41) is 24.0. The summed E-state index contributed by atoms with van der Waals surface area (Å²) >= 11 is 1.51. The van der Waals surface area contributed by atoms with E-state index in [1.54, 1.807) is 13.0 Å². The van der Waals surface area contributed by atoms with Crippen molar-refractivity contribution in [1.82, 2.24) is 4.98 Å². The van der Waals surface area contributed by atoms with Gasteiger partial charge in [0, 0.05) is 11.6 Å². The number of thiazole rings is 1. The highest BCUT2D eigenvalue weighted by atomic mass is 32.1. The molecule has 21 heavy (non-hydrogen) atoms. The van der Waals surface area contributed by atoms with Crippen molar-refractivity contribution in [3.63, 3.8) is 0 Å². The van der Waals surface area contributed by atoms with E-state index in [0.717, 1.165) is 10.2 Å². The number of rotatable bonds is 3. The van der Waals surface area contributed by atoms with Gasteiger partial charge in [-0.3, -0.25) is 5.43 Å². The van der Waals surface area contributed by atoms with Gasteiger partial charge in [-0.1, -0.05) is 23.5 Å². The highest BCUT2D eigenvalue weighted by Crippen LogP contribution is 2.26. The lowest BCUT2D eigenvalue weighted by Crippen LogP contribution is -1.99. The maximum absolute atomic E-state index is 9.79. The number of phenolic OH excluding ortho intramolecular Hbond substituents is 2. The van der Waals surface area contributed by atoms with Crippen molar-refractivity contribution in [1.29, 1.82) is 0 Å². The van der Waals surface area contributed by atoms with Gasteiger partial charge in [-0.15, -0.1) is 0 Å². The maximum Gasteiger partial charge on any atom is 0.204 e. The van der Waals surface area contributed by atoms with Gasteiger partial charge in [-0.25, -0.2) is 4.98 Å². The van der Waals surface area contributed by atoms with Crippen molar-refractivity contribution in [3.05, 3.63) is 48.0 Å². The van der Waals surface area contributed by atoms with Crippen molar-refractivity contribution in [2.75, 3.05) is 5.43 Å². The van der Waals surface area contributed by atoms with Crippen LogP contribution in [0.5, 0.6) is 11.5 Å². The molecule has 0 bridgehead atoms. The molecule has 0 atom stereocenters. The lowest BCUT2D eigenvalue weighted by atomic mass is 10.1. The zero-order chi connectivity index (χ0) is 14.8. The monoisotopic (exact) mass is 299 g/mol. The highest BCUT2D eigenvalue weighted by molar-refractivity contribution is 7.22. The smallest absolute Gasteiger partial charge is 0.204 e. The van der Waals surface area contributed by atoms with E-state index in [0.29, 0.717) is 16.4 Å². The van der Waals surface area contributed by atoms with Crippen LogP contribution in [0.2, 0.25) is 0 Å². The van der Waals surface area contributed by atoms with Crippen LogP contribution in [0.1, 0.15) is 12.5 Å². The molecule has 0 saturated carbocycles. The van der Waals surface area contributed by atoms with E-state index in [1.807, 2.05) is 24.3 Å². The van der Waals surface area contributed by atoms with Gasteiger partial charge in [-0.05, 0) is 31.2 Å². The first-order valence-corrected chi connectivity index (χ1v) is 7.13. The molecule has 0 aliphatic heterocycles. The van der Waals surface area contributed by atoms with E-state index in [-0.39, 0.29) is 11.5 Å². The molecule has 0 aliphatic rings. The number of hydrogen-bond acceptors (Lipinski definition) is 6. The number of hydrazone groups is 1. The molecule has 0 unspecified atom stereocenters. The van der Waals surface area contributed by atoms with Crippen molar-refractivity contribution >= 4 is 32.4 Å². The van der Waals surface area contributed by atoms with E-state index < -0.39 is 0 Å². The first kappa shape index (κ1) is 13.4. The Bertz CT molecular complexity index is 794. The molecule has 1 aromatic heterocycles. The fraction of sp³-hybridized carbons (Fsp3) is 0.0667. The molecule has 106 valence electrons. The van der Waals surface area contributed by atoms with Crippen LogP contribution in [0.25, 0.3) is 10.2 Å². The van der Waals surface area contributed by atoms with Crippen LogP contribution >= 0.6 is 11.3 Å². The lowest BCUT2D eigenvalue weighted by molar-refractivity contribution is 0.450. The van der Waals surface area contributed by atoms with Gasteiger partial charge < -0.3 is 10.2 Å². The van der Waals surface area contributed by atoms with Crippen molar-refractivity contribution in [3.8, 4) is 11.5 Å². The second-order valence-corrected chi connectivity index (χ2v) is 5.53. The van der Waals surface area contributed by atoms with E-state index >= 15 is 0 Å². The topological polar surface area (TPSA) is 77.7 Å². The second kappa shape index (κ2) is 5.41. The van der Waals surface area contributed by atoms with Crippen LogP contribution in [0.4, 0.5) is 5.13 Å². The van der Waals surface area contributed by atoms with Crippen LogP contribution in [-0.4, -0.2) is 20.9 Å². The Hall–Kier alpha value is -2.60. The summed E-state index contributed by atoms with van der Waals surface area (Å²) in [5.74, 6) is 0.00512. The molecule has 1 heterocycles. The van der Waals surface area contributed by atoms with E-state index in [9.17, 15) is 10.2 Å². The number of nitrogens with one attached hydrogen (secondary N) is 1. The molecule has 0 fully saturated rings. The molecule has 0 spiro atoms. The van der Waals surface area contributed by atoms with Crippen LogP contribution in [0, 0.1) is 0 Å². The van der Waals surface area contributed by atoms with Crippen LogP contribution in [0.3, 0.4) is 0 Å². The number of phenols is 2. The third kappa shape index (κ3) is 2.80. The first-order chi connectivity index (χ1) is 10.1. The fourth-order valence-electron chi connectivity index (χ4n) is 1.94. The molecule has 2 aromatic carbocycles. The molecule has 0 aliphatic carbocycles. The van der Waals surface area contributed by atoms with Gasteiger partial charge in [0.1, 0.15) is 11.5 Å². The summed E-state index contributed by atoms with van der Waals surface area (Å²) in [6.07, 6.45) is 0. The quantitative estimate of drug-likeness (QED) is 0.510.